The first kappa shape index (κ1) is 12.3. The number of morpholine rings is 1. The summed E-state index contributed by atoms with van der Waals surface area (Å²) >= 11 is 4.94. The fourth-order valence-corrected chi connectivity index (χ4v) is 2.02. The van der Waals surface area contributed by atoms with Gasteiger partial charge in [0.1, 0.15) is 16.8 Å². The van der Waals surface area contributed by atoms with Gasteiger partial charge in [-0.15, -0.1) is 0 Å². The smallest absolute Gasteiger partial charge is 0.120 e. The lowest BCUT2D eigenvalue weighted by Crippen LogP contribution is -2.47. The maximum atomic E-state index is 9.21. The first-order chi connectivity index (χ1) is 8.15. The monoisotopic (exact) mass is 252 g/mol. The molecule has 1 aromatic rings. The highest BCUT2D eigenvalue weighted by Crippen LogP contribution is 2.14. The molecular formula is C12H16N2O2S. The zero-order valence-corrected chi connectivity index (χ0v) is 10.3. The van der Waals surface area contributed by atoms with E-state index in [1.54, 1.807) is 12.1 Å². The molecule has 1 aliphatic heterocycles. The standard InChI is InChI=1S/C12H16N2O2S/c13-12(17)11-8-14(5-6-16-11)7-9-1-3-10(15)4-2-9/h1-4,11,15H,5-8H2,(H2,13,17). The molecule has 1 unspecified atom stereocenters. The minimum atomic E-state index is -0.143. The molecule has 1 heterocycles. The summed E-state index contributed by atoms with van der Waals surface area (Å²) in [4.78, 5) is 2.67. The molecule has 0 aliphatic carbocycles. The number of rotatable bonds is 3. The van der Waals surface area contributed by atoms with Crippen LogP contribution in [0, 0.1) is 0 Å². The number of nitrogens with zero attached hydrogens (tertiary/aromatic N) is 1. The molecule has 1 aliphatic rings. The molecule has 0 spiro atoms. The molecule has 0 aromatic heterocycles. The number of hydrogen-bond donors (Lipinski definition) is 2. The van der Waals surface area contributed by atoms with E-state index in [4.69, 9.17) is 22.7 Å². The van der Waals surface area contributed by atoms with E-state index < -0.39 is 0 Å². The van der Waals surface area contributed by atoms with Crippen molar-refractivity contribution in [1.82, 2.24) is 4.90 Å². The molecule has 17 heavy (non-hydrogen) atoms. The van der Waals surface area contributed by atoms with E-state index in [1.165, 1.54) is 0 Å². The van der Waals surface area contributed by atoms with Gasteiger partial charge in [0.05, 0.1) is 6.61 Å². The van der Waals surface area contributed by atoms with E-state index in [0.717, 1.165) is 25.2 Å². The van der Waals surface area contributed by atoms with Crippen molar-refractivity contribution in [3.8, 4) is 5.75 Å². The Morgan fingerprint density at radius 3 is 2.82 bits per heavy atom. The number of aromatic hydroxyl groups is 1. The van der Waals surface area contributed by atoms with Crippen molar-refractivity contribution >= 4 is 17.2 Å². The van der Waals surface area contributed by atoms with Crippen LogP contribution in [0.2, 0.25) is 0 Å². The van der Waals surface area contributed by atoms with Crippen LogP contribution in [0.1, 0.15) is 5.56 Å². The van der Waals surface area contributed by atoms with E-state index in [2.05, 4.69) is 4.90 Å². The zero-order valence-electron chi connectivity index (χ0n) is 9.50. The third kappa shape index (κ3) is 3.39. The van der Waals surface area contributed by atoms with Gasteiger partial charge in [0, 0.05) is 19.6 Å². The Morgan fingerprint density at radius 1 is 1.47 bits per heavy atom. The van der Waals surface area contributed by atoms with Gasteiger partial charge in [-0.25, -0.2) is 0 Å². The van der Waals surface area contributed by atoms with Crippen LogP contribution in [-0.2, 0) is 11.3 Å². The minimum absolute atomic E-state index is 0.143. The maximum Gasteiger partial charge on any atom is 0.120 e. The topological polar surface area (TPSA) is 58.7 Å². The second-order valence-corrected chi connectivity index (χ2v) is 4.63. The Bertz CT molecular complexity index is 394. The van der Waals surface area contributed by atoms with Gasteiger partial charge in [0.25, 0.3) is 0 Å². The fraction of sp³-hybridized carbons (Fsp3) is 0.417. The summed E-state index contributed by atoms with van der Waals surface area (Å²) < 4.78 is 5.48. The van der Waals surface area contributed by atoms with Gasteiger partial charge in [0.15, 0.2) is 0 Å². The molecule has 0 bridgehead atoms. The van der Waals surface area contributed by atoms with Crippen LogP contribution in [-0.4, -0.2) is 40.8 Å². The number of hydrogen-bond acceptors (Lipinski definition) is 4. The Kier molecular flexibility index (Phi) is 3.93. The van der Waals surface area contributed by atoms with Crippen molar-refractivity contribution in [2.45, 2.75) is 12.6 Å². The van der Waals surface area contributed by atoms with E-state index in [1.807, 2.05) is 12.1 Å². The lowest BCUT2D eigenvalue weighted by Gasteiger charge is -2.32. The van der Waals surface area contributed by atoms with Gasteiger partial charge in [-0.1, -0.05) is 24.4 Å². The SMILES string of the molecule is NC(=S)C1CN(Cc2ccc(O)cc2)CCO1. The Balaban J connectivity index is 1.94. The molecule has 2 rings (SSSR count). The molecule has 1 atom stereocenters. The third-order valence-electron chi connectivity index (χ3n) is 2.81. The molecule has 1 aromatic carbocycles. The van der Waals surface area contributed by atoms with E-state index >= 15 is 0 Å². The van der Waals surface area contributed by atoms with Crippen LogP contribution in [0.15, 0.2) is 24.3 Å². The second-order valence-electron chi connectivity index (χ2n) is 4.16. The number of phenolic OH excluding ortho intramolecular Hbond substituents is 1. The van der Waals surface area contributed by atoms with Crippen LogP contribution >= 0.6 is 12.2 Å². The maximum absolute atomic E-state index is 9.21. The van der Waals surface area contributed by atoms with Gasteiger partial charge in [0.2, 0.25) is 0 Å². The molecular weight excluding hydrogens is 236 g/mol. The fourth-order valence-electron chi connectivity index (χ4n) is 1.88. The lowest BCUT2D eigenvalue weighted by molar-refractivity contribution is 0.00390. The minimum Gasteiger partial charge on any atom is -0.508 e. The summed E-state index contributed by atoms with van der Waals surface area (Å²) in [7, 11) is 0. The second kappa shape index (κ2) is 5.44. The summed E-state index contributed by atoms with van der Waals surface area (Å²) in [5.41, 5.74) is 6.75. The highest BCUT2D eigenvalue weighted by molar-refractivity contribution is 7.80. The number of benzene rings is 1. The van der Waals surface area contributed by atoms with Crippen LogP contribution in [0.25, 0.3) is 0 Å². The average molecular weight is 252 g/mol. The van der Waals surface area contributed by atoms with Crippen LogP contribution in [0.3, 0.4) is 0 Å². The van der Waals surface area contributed by atoms with Crippen molar-refractivity contribution in [3.63, 3.8) is 0 Å². The molecule has 3 N–H and O–H groups in total. The van der Waals surface area contributed by atoms with Crippen LogP contribution < -0.4 is 5.73 Å². The molecule has 1 fully saturated rings. The third-order valence-corrected chi connectivity index (χ3v) is 3.07. The van der Waals surface area contributed by atoms with Crippen molar-refractivity contribution in [3.05, 3.63) is 29.8 Å². The predicted molar refractivity (Wildman–Crippen MR) is 69.9 cm³/mol. The van der Waals surface area contributed by atoms with Crippen molar-refractivity contribution in [2.75, 3.05) is 19.7 Å². The first-order valence-corrected chi connectivity index (χ1v) is 5.97. The molecule has 92 valence electrons. The van der Waals surface area contributed by atoms with E-state index in [9.17, 15) is 5.11 Å². The van der Waals surface area contributed by atoms with Crippen LogP contribution in [0.5, 0.6) is 5.75 Å². The Hall–Kier alpha value is -1.17. The molecule has 0 amide bonds. The van der Waals surface area contributed by atoms with Crippen LogP contribution in [0.4, 0.5) is 0 Å². The number of nitrogens with two attached hydrogens (primary N) is 1. The van der Waals surface area contributed by atoms with Crippen molar-refractivity contribution in [2.24, 2.45) is 5.73 Å². The van der Waals surface area contributed by atoms with Gasteiger partial charge >= 0.3 is 0 Å². The Morgan fingerprint density at radius 2 is 2.18 bits per heavy atom. The number of ether oxygens (including phenoxy) is 1. The molecule has 1 saturated heterocycles. The molecule has 4 nitrogen and oxygen atoms in total. The molecule has 5 heteroatoms. The van der Waals surface area contributed by atoms with Crippen molar-refractivity contribution in [1.29, 1.82) is 0 Å². The lowest BCUT2D eigenvalue weighted by atomic mass is 10.2. The summed E-state index contributed by atoms with van der Waals surface area (Å²) in [6, 6.07) is 7.22. The first-order valence-electron chi connectivity index (χ1n) is 5.56. The molecule has 0 radical (unpaired) electrons. The zero-order chi connectivity index (χ0) is 12.3. The Labute approximate surface area is 106 Å². The summed E-state index contributed by atoms with van der Waals surface area (Å²) in [6.07, 6.45) is -0.143. The summed E-state index contributed by atoms with van der Waals surface area (Å²) in [5.74, 6) is 0.289. The highest BCUT2D eigenvalue weighted by Gasteiger charge is 2.22. The summed E-state index contributed by atoms with van der Waals surface area (Å²) in [5, 5.41) is 9.21. The van der Waals surface area contributed by atoms with Gasteiger partial charge < -0.3 is 15.6 Å². The molecule has 0 saturated carbocycles. The number of thiocarbonyl (C=S) groups is 1. The normalized spacial score (nSPS) is 21.3. The van der Waals surface area contributed by atoms with Gasteiger partial charge in [-0.05, 0) is 17.7 Å². The summed E-state index contributed by atoms with van der Waals surface area (Å²) in [6.45, 7) is 3.08. The van der Waals surface area contributed by atoms with E-state index in [-0.39, 0.29) is 11.9 Å². The average Bonchev–Trinajstić information content (AvgIpc) is 2.32. The van der Waals surface area contributed by atoms with Gasteiger partial charge in [-0.3, -0.25) is 4.90 Å². The largest absolute Gasteiger partial charge is 0.508 e. The van der Waals surface area contributed by atoms with Crippen molar-refractivity contribution < 1.29 is 9.84 Å². The van der Waals surface area contributed by atoms with E-state index in [0.29, 0.717) is 11.6 Å². The van der Waals surface area contributed by atoms with Gasteiger partial charge in [-0.2, -0.15) is 0 Å². The highest BCUT2D eigenvalue weighted by atomic mass is 32.1. The number of phenols is 1. The predicted octanol–water partition coefficient (Wildman–Crippen LogP) is 0.879. The quantitative estimate of drug-likeness (QED) is 0.782.